The van der Waals surface area contributed by atoms with Gasteiger partial charge >= 0.3 is 5.97 Å². The minimum absolute atomic E-state index is 0.0777. The Balaban J connectivity index is 2.36. The first-order valence-electron chi connectivity index (χ1n) is 7.13. The maximum Gasteiger partial charge on any atom is 0.317 e. The lowest BCUT2D eigenvalue weighted by molar-refractivity contribution is -0.152. The molecule has 0 N–H and O–H groups in total. The molecule has 0 saturated heterocycles. The van der Waals surface area contributed by atoms with Gasteiger partial charge in [-0.15, -0.1) is 0 Å². The Bertz CT molecular complexity index is 516. The molecule has 2 atom stereocenters. The van der Waals surface area contributed by atoms with Gasteiger partial charge in [0.15, 0.2) is 5.78 Å². The molecule has 106 valence electrons. The molecule has 0 aliphatic heterocycles. The van der Waals surface area contributed by atoms with Crippen molar-refractivity contribution in [1.82, 2.24) is 0 Å². The Labute approximate surface area is 119 Å². The van der Waals surface area contributed by atoms with Gasteiger partial charge in [-0.05, 0) is 30.9 Å². The Morgan fingerprint density at radius 2 is 1.95 bits per heavy atom. The zero-order valence-electron chi connectivity index (χ0n) is 12.0. The number of allylic oxidation sites excluding steroid dienone is 2. The van der Waals surface area contributed by atoms with Gasteiger partial charge in [-0.1, -0.05) is 43.3 Å². The monoisotopic (exact) mass is 272 g/mol. The maximum absolute atomic E-state index is 12.5. The molecule has 0 aromatic heterocycles. The highest BCUT2D eigenvalue weighted by Gasteiger charge is 2.39. The van der Waals surface area contributed by atoms with Gasteiger partial charge in [-0.2, -0.15) is 0 Å². The van der Waals surface area contributed by atoms with E-state index in [1.54, 1.807) is 6.92 Å². The molecule has 1 aliphatic carbocycles. The molecular formula is C17H20O3. The molecule has 1 aromatic carbocycles. The number of hydrogen-bond acceptors (Lipinski definition) is 3. The molecule has 0 radical (unpaired) electrons. The van der Waals surface area contributed by atoms with E-state index in [0.29, 0.717) is 19.4 Å². The van der Waals surface area contributed by atoms with Crippen LogP contribution in [0.1, 0.15) is 38.2 Å². The van der Waals surface area contributed by atoms with Crippen LogP contribution >= 0.6 is 0 Å². The molecule has 3 heteroatoms. The highest BCUT2D eigenvalue weighted by molar-refractivity contribution is 6.09. The average Bonchev–Trinajstić information content (AvgIpc) is 2.48. The zero-order chi connectivity index (χ0) is 14.5. The van der Waals surface area contributed by atoms with E-state index in [9.17, 15) is 9.59 Å². The summed E-state index contributed by atoms with van der Waals surface area (Å²) in [6.07, 6.45) is 3.34. The minimum Gasteiger partial charge on any atom is -0.465 e. The van der Waals surface area contributed by atoms with Gasteiger partial charge < -0.3 is 4.74 Å². The first-order chi connectivity index (χ1) is 9.69. The van der Waals surface area contributed by atoms with Crippen LogP contribution in [-0.4, -0.2) is 18.4 Å². The van der Waals surface area contributed by atoms with Crippen molar-refractivity contribution in [2.75, 3.05) is 6.61 Å². The minimum atomic E-state index is -0.697. The molecule has 20 heavy (non-hydrogen) atoms. The fourth-order valence-electron chi connectivity index (χ4n) is 2.74. The lowest BCUT2D eigenvalue weighted by Crippen LogP contribution is -2.35. The standard InChI is InChI=1S/C17H20O3/c1-3-12-10-11-14(13-8-6-5-7-9-13)15(16(12)18)17(19)20-4-2/h5-10,14-15H,3-4,11H2,1-2H3/t14?,15-/m0/s1. The van der Waals surface area contributed by atoms with Crippen molar-refractivity contribution in [3.05, 3.63) is 47.5 Å². The van der Waals surface area contributed by atoms with Crippen LogP contribution < -0.4 is 0 Å². The quantitative estimate of drug-likeness (QED) is 0.624. The number of esters is 1. The lowest BCUT2D eigenvalue weighted by Gasteiger charge is -2.28. The third-order valence-corrected chi connectivity index (χ3v) is 3.77. The number of Topliss-reactive ketones (excluding diaryl/α,β-unsaturated/α-hetero) is 1. The molecule has 3 nitrogen and oxygen atoms in total. The molecule has 0 bridgehead atoms. The SMILES string of the molecule is CCOC(=O)[C@@H]1C(=O)C(CC)=CCC1c1ccccc1. The van der Waals surface area contributed by atoms with Crippen LogP contribution in [0.25, 0.3) is 0 Å². The molecule has 1 aromatic rings. The number of ketones is 1. The summed E-state index contributed by atoms with van der Waals surface area (Å²) in [6.45, 7) is 4.00. The summed E-state index contributed by atoms with van der Waals surface area (Å²) in [7, 11) is 0. The molecule has 1 aliphatic rings. The Morgan fingerprint density at radius 3 is 2.55 bits per heavy atom. The van der Waals surface area contributed by atoms with E-state index in [2.05, 4.69) is 0 Å². The number of hydrogen-bond donors (Lipinski definition) is 0. The summed E-state index contributed by atoms with van der Waals surface area (Å²) < 4.78 is 5.11. The van der Waals surface area contributed by atoms with E-state index in [1.807, 2.05) is 43.3 Å². The van der Waals surface area contributed by atoms with Crippen molar-refractivity contribution in [1.29, 1.82) is 0 Å². The van der Waals surface area contributed by atoms with Gasteiger partial charge in [0.1, 0.15) is 5.92 Å². The second kappa shape index (κ2) is 6.51. The van der Waals surface area contributed by atoms with Crippen molar-refractivity contribution >= 4 is 11.8 Å². The summed E-state index contributed by atoms with van der Waals surface area (Å²) in [5.74, 6) is -1.29. The summed E-state index contributed by atoms with van der Waals surface area (Å²) >= 11 is 0. The average molecular weight is 272 g/mol. The van der Waals surface area contributed by atoms with E-state index in [4.69, 9.17) is 4.74 Å². The zero-order valence-corrected chi connectivity index (χ0v) is 12.0. The topological polar surface area (TPSA) is 43.4 Å². The Kier molecular flexibility index (Phi) is 4.72. The third-order valence-electron chi connectivity index (χ3n) is 3.77. The molecule has 0 spiro atoms. The van der Waals surface area contributed by atoms with Crippen molar-refractivity contribution in [2.45, 2.75) is 32.6 Å². The van der Waals surface area contributed by atoms with Crippen LogP contribution in [0.4, 0.5) is 0 Å². The highest BCUT2D eigenvalue weighted by atomic mass is 16.5. The van der Waals surface area contributed by atoms with Gasteiger partial charge in [-0.3, -0.25) is 9.59 Å². The number of carbonyl (C=O) groups is 2. The number of carbonyl (C=O) groups excluding carboxylic acids is 2. The predicted octanol–water partition coefficient (Wildman–Crippen LogP) is 3.26. The first kappa shape index (κ1) is 14.5. The van der Waals surface area contributed by atoms with Gasteiger partial charge in [0.2, 0.25) is 0 Å². The second-order valence-electron chi connectivity index (χ2n) is 4.93. The Morgan fingerprint density at radius 1 is 1.25 bits per heavy atom. The van der Waals surface area contributed by atoms with E-state index in [-0.39, 0.29) is 11.7 Å². The van der Waals surface area contributed by atoms with Gasteiger partial charge in [-0.25, -0.2) is 0 Å². The molecule has 0 saturated carbocycles. The fraction of sp³-hybridized carbons (Fsp3) is 0.412. The first-order valence-corrected chi connectivity index (χ1v) is 7.13. The summed E-state index contributed by atoms with van der Waals surface area (Å²) in [5, 5.41) is 0. The summed E-state index contributed by atoms with van der Waals surface area (Å²) in [6, 6.07) is 9.73. The predicted molar refractivity (Wildman–Crippen MR) is 77.3 cm³/mol. The van der Waals surface area contributed by atoms with Crippen molar-refractivity contribution in [2.24, 2.45) is 5.92 Å². The smallest absolute Gasteiger partial charge is 0.317 e. The van der Waals surface area contributed by atoms with Crippen LogP contribution in [-0.2, 0) is 14.3 Å². The van der Waals surface area contributed by atoms with Gasteiger partial charge in [0.25, 0.3) is 0 Å². The number of ether oxygens (including phenoxy) is 1. The van der Waals surface area contributed by atoms with Crippen LogP contribution in [0, 0.1) is 5.92 Å². The molecular weight excluding hydrogens is 252 g/mol. The van der Waals surface area contributed by atoms with Crippen molar-refractivity contribution < 1.29 is 14.3 Å². The number of rotatable bonds is 4. The van der Waals surface area contributed by atoms with Crippen LogP contribution in [0.3, 0.4) is 0 Å². The summed E-state index contributed by atoms with van der Waals surface area (Å²) in [4.78, 5) is 24.7. The highest BCUT2D eigenvalue weighted by Crippen LogP contribution is 2.36. The largest absolute Gasteiger partial charge is 0.465 e. The molecule has 1 unspecified atom stereocenters. The van der Waals surface area contributed by atoms with E-state index < -0.39 is 11.9 Å². The van der Waals surface area contributed by atoms with E-state index in [0.717, 1.165) is 11.1 Å². The van der Waals surface area contributed by atoms with Crippen LogP contribution in [0.15, 0.2) is 42.0 Å². The van der Waals surface area contributed by atoms with E-state index >= 15 is 0 Å². The van der Waals surface area contributed by atoms with Crippen LogP contribution in [0.5, 0.6) is 0 Å². The van der Waals surface area contributed by atoms with Gasteiger partial charge in [0, 0.05) is 5.92 Å². The van der Waals surface area contributed by atoms with Crippen molar-refractivity contribution in [3.63, 3.8) is 0 Å². The summed E-state index contributed by atoms with van der Waals surface area (Å²) in [5.41, 5.74) is 1.76. The fourth-order valence-corrected chi connectivity index (χ4v) is 2.74. The normalized spacial score (nSPS) is 22.3. The maximum atomic E-state index is 12.5. The molecule has 2 rings (SSSR count). The Hall–Kier alpha value is -1.90. The van der Waals surface area contributed by atoms with Gasteiger partial charge in [0.05, 0.1) is 6.61 Å². The van der Waals surface area contributed by atoms with Crippen molar-refractivity contribution in [3.8, 4) is 0 Å². The molecule has 0 fully saturated rings. The van der Waals surface area contributed by atoms with E-state index in [1.165, 1.54) is 0 Å². The third kappa shape index (κ3) is 2.82. The molecule has 0 heterocycles. The lowest BCUT2D eigenvalue weighted by atomic mass is 9.74. The van der Waals surface area contributed by atoms with Crippen LogP contribution in [0.2, 0.25) is 0 Å². The number of benzene rings is 1. The molecule has 0 amide bonds. The second-order valence-corrected chi connectivity index (χ2v) is 4.93.